The molecule has 1 aromatic heterocycles. The normalized spacial score (nSPS) is 12.2. The lowest BCUT2D eigenvalue weighted by atomic mass is 10.00. The van der Waals surface area contributed by atoms with Gasteiger partial charge in [-0.05, 0) is 17.2 Å². The molecule has 0 bridgehead atoms. The summed E-state index contributed by atoms with van der Waals surface area (Å²) in [5.74, 6) is -0.133. The Hall–Kier alpha value is -2.62. The van der Waals surface area contributed by atoms with Gasteiger partial charge in [-0.3, -0.25) is 4.79 Å². The Morgan fingerprint density at radius 1 is 1.16 bits per heavy atom. The van der Waals surface area contributed by atoms with Crippen LogP contribution in [-0.4, -0.2) is 15.5 Å². The molecule has 4 heteroatoms. The number of esters is 1. The monoisotopic (exact) mass is 336 g/mol. The number of ether oxygens (including phenoxy) is 1. The van der Waals surface area contributed by atoms with Crippen molar-refractivity contribution in [2.45, 2.75) is 45.3 Å². The lowest BCUT2D eigenvalue weighted by molar-refractivity contribution is -0.150. The van der Waals surface area contributed by atoms with Crippen molar-refractivity contribution in [1.82, 2.24) is 9.55 Å². The summed E-state index contributed by atoms with van der Waals surface area (Å²) in [6, 6.07) is 14.3. The molecule has 4 nitrogen and oxygen atoms in total. The number of rotatable bonds is 8. The first-order valence-corrected chi connectivity index (χ1v) is 8.91. The van der Waals surface area contributed by atoms with E-state index in [-0.39, 0.29) is 12.1 Å². The highest BCUT2D eigenvalue weighted by atomic mass is 16.5. The van der Waals surface area contributed by atoms with Gasteiger partial charge in [0.15, 0.2) is 0 Å². The zero-order valence-electron chi connectivity index (χ0n) is 14.6. The highest BCUT2D eigenvalue weighted by Gasteiger charge is 2.19. The van der Waals surface area contributed by atoms with Crippen LogP contribution in [0.2, 0.25) is 0 Å². The van der Waals surface area contributed by atoms with E-state index >= 15 is 0 Å². The number of nitrogens with zero attached hydrogens (tertiary/aromatic N) is 2. The summed E-state index contributed by atoms with van der Waals surface area (Å²) in [6.07, 6.45) is 8.55. The quantitative estimate of drug-likeness (QED) is 0.434. The smallest absolute Gasteiger partial charge is 0.306 e. The lowest BCUT2D eigenvalue weighted by Gasteiger charge is -2.20. The minimum absolute atomic E-state index is 0.133. The van der Waals surface area contributed by atoms with Crippen molar-refractivity contribution in [2.75, 3.05) is 0 Å². The molecule has 0 aliphatic heterocycles. The third kappa shape index (κ3) is 4.47. The number of hydrogen-bond acceptors (Lipinski definition) is 3. The fourth-order valence-corrected chi connectivity index (χ4v) is 3.05. The number of carbonyl (C=O) groups is 1. The molecular formula is C21H24N2O2. The minimum atomic E-state index is -0.325. The van der Waals surface area contributed by atoms with Crippen LogP contribution >= 0.6 is 0 Å². The van der Waals surface area contributed by atoms with Gasteiger partial charge in [-0.2, -0.15) is 0 Å². The average molecular weight is 336 g/mol. The Labute approximate surface area is 148 Å². The van der Waals surface area contributed by atoms with E-state index in [1.807, 2.05) is 35.0 Å². The standard InChI is InChI=1S/C21H24N2O2/c1-2-3-4-12-21(24)25-20(15-23-14-13-22-16-23)19-11-7-9-17-8-5-6-10-18(17)19/h5-11,13-14,16,20H,2-4,12,15H2,1H3. The van der Waals surface area contributed by atoms with Crippen molar-refractivity contribution in [2.24, 2.45) is 0 Å². The first kappa shape index (κ1) is 17.2. The van der Waals surface area contributed by atoms with Crippen molar-refractivity contribution in [3.63, 3.8) is 0 Å². The third-order valence-corrected chi connectivity index (χ3v) is 4.36. The molecule has 0 spiro atoms. The average Bonchev–Trinajstić information content (AvgIpc) is 3.14. The number of hydrogen-bond donors (Lipinski definition) is 0. The molecule has 0 N–H and O–H groups in total. The molecule has 3 aromatic rings. The molecular weight excluding hydrogens is 312 g/mol. The highest BCUT2D eigenvalue weighted by molar-refractivity contribution is 5.86. The molecule has 0 radical (unpaired) electrons. The molecule has 3 rings (SSSR count). The summed E-state index contributed by atoms with van der Waals surface area (Å²) in [5.41, 5.74) is 1.04. The minimum Gasteiger partial charge on any atom is -0.456 e. The van der Waals surface area contributed by atoms with Gasteiger partial charge in [0.05, 0.1) is 12.9 Å². The summed E-state index contributed by atoms with van der Waals surface area (Å²) in [6.45, 7) is 2.69. The van der Waals surface area contributed by atoms with Crippen molar-refractivity contribution in [3.05, 3.63) is 66.7 Å². The van der Waals surface area contributed by atoms with Gasteiger partial charge in [0.25, 0.3) is 0 Å². The Kier molecular flexibility index (Phi) is 5.83. The van der Waals surface area contributed by atoms with Crippen LogP contribution < -0.4 is 0 Å². The van der Waals surface area contributed by atoms with E-state index in [4.69, 9.17) is 4.74 Å². The van der Waals surface area contributed by atoms with Crippen molar-refractivity contribution in [3.8, 4) is 0 Å². The SMILES string of the molecule is CCCCCC(=O)OC(Cn1ccnc1)c1cccc2ccccc12. The summed E-state index contributed by atoms with van der Waals surface area (Å²) in [4.78, 5) is 16.4. The summed E-state index contributed by atoms with van der Waals surface area (Å²) < 4.78 is 7.83. The van der Waals surface area contributed by atoms with E-state index in [0.717, 1.165) is 35.6 Å². The molecule has 1 unspecified atom stereocenters. The summed E-state index contributed by atoms with van der Waals surface area (Å²) >= 11 is 0. The lowest BCUT2D eigenvalue weighted by Crippen LogP contribution is -2.16. The maximum absolute atomic E-state index is 12.3. The number of unbranched alkanes of at least 4 members (excludes halogenated alkanes) is 2. The van der Waals surface area contributed by atoms with Gasteiger partial charge in [0, 0.05) is 24.4 Å². The molecule has 0 aliphatic carbocycles. The van der Waals surface area contributed by atoms with E-state index in [9.17, 15) is 4.79 Å². The molecule has 130 valence electrons. The van der Waals surface area contributed by atoms with Gasteiger partial charge < -0.3 is 9.30 Å². The van der Waals surface area contributed by atoms with Crippen molar-refractivity contribution < 1.29 is 9.53 Å². The topological polar surface area (TPSA) is 44.1 Å². The van der Waals surface area contributed by atoms with E-state index < -0.39 is 0 Å². The number of carbonyl (C=O) groups excluding carboxylic acids is 1. The van der Waals surface area contributed by atoms with Gasteiger partial charge in [0.1, 0.15) is 6.10 Å². The van der Waals surface area contributed by atoms with Crippen LogP contribution in [0, 0.1) is 0 Å². The van der Waals surface area contributed by atoms with Crippen LogP contribution in [0.15, 0.2) is 61.2 Å². The van der Waals surface area contributed by atoms with Gasteiger partial charge in [-0.1, -0.05) is 62.2 Å². The van der Waals surface area contributed by atoms with Crippen molar-refractivity contribution in [1.29, 1.82) is 0 Å². The van der Waals surface area contributed by atoms with Crippen molar-refractivity contribution >= 4 is 16.7 Å². The predicted molar refractivity (Wildman–Crippen MR) is 99.2 cm³/mol. The van der Waals surface area contributed by atoms with Crippen LogP contribution in [0.25, 0.3) is 10.8 Å². The molecule has 1 heterocycles. The Bertz CT molecular complexity index is 806. The number of fused-ring (bicyclic) bond motifs is 1. The molecule has 1 atom stereocenters. The van der Waals surface area contributed by atoms with Gasteiger partial charge >= 0.3 is 5.97 Å². The first-order valence-electron chi connectivity index (χ1n) is 8.91. The van der Waals surface area contributed by atoms with Gasteiger partial charge in [-0.25, -0.2) is 4.98 Å². The molecule has 0 saturated heterocycles. The number of aromatic nitrogens is 2. The first-order chi connectivity index (χ1) is 12.3. The Morgan fingerprint density at radius 2 is 2.00 bits per heavy atom. The van der Waals surface area contributed by atoms with Crippen LogP contribution in [0.5, 0.6) is 0 Å². The van der Waals surface area contributed by atoms with Gasteiger partial charge in [-0.15, -0.1) is 0 Å². The molecule has 0 aliphatic rings. The van der Waals surface area contributed by atoms with E-state index in [2.05, 4.69) is 30.1 Å². The molecule has 0 saturated carbocycles. The predicted octanol–water partition coefficient (Wildman–Crippen LogP) is 4.90. The van der Waals surface area contributed by atoms with E-state index in [1.165, 1.54) is 0 Å². The largest absolute Gasteiger partial charge is 0.456 e. The fourth-order valence-electron chi connectivity index (χ4n) is 3.05. The van der Waals surface area contributed by atoms with Crippen LogP contribution in [0.3, 0.4) is 0 Å². The van der Waals surface area contributed by atoms with E-state index in [0.29, 0.717) is 13.0 Å². The number of imidazole rings is 1. The second-order valence-electron chi connectivity index (χ2n) is 6.26. The van der Waals surface area contributed by atoms with Crippen LogP contribution in [0.4, 0.5) is 0 Å². The fraction of sp³-hybridized carbons (Fsp3) is 0.333. The zero-order valence-corrected chi connectivity index (χ0v) is 14.6. The molecule has 0 fully saturated rings. The summed E-state index contributed by atoms with van der Waals surface area (Å²) in [5, 5.41) is 2.27. The van der Waals surface area contributed by atoms with Crippen LogP contribution in [0.1, 0.15) is 44.3 Å². The number of benzene rings is 2. The second-order valence-corrected chi connectivity index (χ2v) is 6.26. The maximum atomic E-state index is 12.3. The Morgan fingerprint density at radius 3 is 2.80 bits per heavy atom. The Balaban J connectivity index is 1.86. The molecule has 2 aromatic carbocycles. The zero-order chi connectivity index (χ0) is 17.5. The second kappa shape index (κ2) is 8.47. The van der Waals surface area contributed by atoms with E-state index in [1.54, 1.807) is 12.5 Å². The maximum Gasteiger partial charge on any atom is 0.306 e. The summed E-state index contributed by atoms with van der Waals surface area (Å²) in [7, 11) is 0. The molecule has 0 amide bonds. The highest BCUT2D eigenvalue weighted by Crippen LogP contribution is 2.28. The van der Waals surface area contributed by atoms with Gasteiger partial charge in [0.2, 0.25) is 0 Å². The molecule has 25 heavy (non-hydrogen) atoms. The third-order valence-electron chi connectivity index (χ3n) is 4.36. The van der Waals surface area contributed by atoms with Crippen LogP contribution in [-0.2, 0) is 16.1 Å².